The number of nitrogens with zero attached hydrogens (tertiary/aromatic N) is 1. The summed E-state index contributed by atoms with van der Waals surface area (Å²) in [5.74, 6) is 0.0741. The summed E-state index contributed by atoms with van der Waals surface area (Å²) in [4.78, 5) is 37.8. The number of hydrogen-bond donors (Lipinski definition) is 3. The normalized spacial score (nSPS) is 19.9. The van der Waals surface area contributed by atoms with Gasteiger partial charge in [-0.15, -0.1) is 0 Å². The van der Waals surface area contributed by atoms with Crippen LogP contribution in [0.15, 0.2) is 48.5 Å². The molecule has 9 nitrogen and oxygen atoms in total. The largest absolute Gasteiger partial charge is 0.490 e. The van der Waals surface area contributed by atoms with Gasteiger partial charge in [0.05, 0.1) is 17.0 Å². The van der Waals surface area contributed by atoms with Crippen LogP contribution in [0.4, 0.5) is 4.79 Å². The first-order valence-corrected chi connectivity index (χ1v) is 13.5. The molecule has 4 rings (SSSR count). The van der Waals surface area contributed by atoms with Crippen LogP contribution in [0.25, 0.3) is 0 Å². The van der Waals surface area contributed by atoms with Crippen LogP contribution in [0, 0.1) is 5.92 Å². The number of ether oxygens (including phenoxy) is 2. The van der Waals surface area contributed by atoms with Gasteiger partial charge >= 0.3 is 12.0 Å². The van der Waals surface area contributed by atoms with E-state index in [0.717, 1.165) is 12.8 Å². The van der Waals surface area contributed by atoms with Crippen molar-refractivity contribution < 1.29 is 29.0 Å². The van der Waals surface area contributed by atoms with Crippen LogP contribution < -0.4 is 20.1 Å². The summed E-state index contributed by atoms with van der Waals surface area (Å²) in [5, 5.41) is 15.4. The number of rotatable bonds is 9. The van der Waals surface area contributed by atoms with Gasteiger partial charge < -0.3 is 30.1 Å². The first-order chi connectivity index (χ1) is 18.4. The number of hydrogen-bond acceptors (Lipinski definition) is 5. The highest BCUT2D eigenvalue weighted by Gasteiger charge is 2.27. The van der Waals surface area contributed by atoms with Crippen molar-refractivity contribution >= 4 is 29.5 Å². The Labute approximate surface area is 227 Å². The molecule has 3 N–H and O–H groups in total. The van der Waals surface area contributed by atoms with Crippen molar-refractivity contribution in [2.75, 3.05) is 26.2 Å². The van der Waals surface area contributed by atoms with Gasteiger partial charge in [-0.05, 0) is 62.1 Å². The predicted octanol–water partition coefficient (Wildman–Crippen LogP) is 4.35. The second-order valence-corrected chi connectivity index (χ2v) is 10.1. The SMILES string of the molecule is O=C(NCCNC(=O)N1CCC(Oc2ccccc2Cl)CC1)c1ccc(OC2CCC(C(=O)O)CC2)cc1. The Hall–Kier alpha value is -3.46. The maximum absolute atomic E-state index is 12.5. The molecule has 1 heterocycles. The minimum absolute atomic E-state index is 0.00503. The molecular formula is C28H34ClN3O6. The Bertz CT molecular complexity index is 1100. The van der Waals surface area contributed by atoms with Crippen molar-refractivity contribution in [3.63, 3.8) is 0 Å². The number of para-hydroxylation sites is 1. The number of amides is 3. The van der Waals surface area contributed by atoms with Crippen molar-refractivity contribution in [1.29, 1.82) is 0 Å². The van der Waals surface area contributed by atoms with E-state index in [4.69, 9.17) is 26.2 Å². The Balaban J connectivity index is 1.11. The van der Waals surface area contributed by atoms with Crippen molar-refractivity contribution in [2.45, 2.75) is 50.7 Å². The molecule has 0 bridgehead atoms. The molecule has 1 saturated carbocycles. The summed E-state index contributed by atoms with van der Waals surface area (Å²) in [6.07, 6.45) is 4.10. The summed E-state index contributed by atoms with van der Waals surface area (Å²) in [7, 11) is 0. The Morgan fingerprint density at radius 1 is 0.842 bits per heavy atom. The maximum atomic E-state index is 12.5. The molecule has 1 aliphatic heterocycles. The Kier molecular flexibility index (Phi) is 9.70. The number of carbonyl (C=O) groups is 3. The minimum Gasteiger partial charge on any atom is -0.490 e. The molecule has 3 amide bonds. The molecule has 2 fully saturated rings. The third-order valence-corrected chi connectivity index (χ3v) is 7.30. The molecule has 0 unspecified atom stereocenters. The lowest BCUT2D eigenvalue weighted by molar-refractivity contribution is -0.143. The predicted molar refractivity (Wildman–Crippen MR) is 143 cm³/mol. The number of likely N-dealkylation sites (tertiary alicyclic amines) is 1. The van der Waals surface area contributed by atoms with Gasteiger partial charge in [0.1, 0.15) is 17.6 Å². The lowest BCUT2D eigenvalue weighted by Crippen LogP contribution is -2.48. The first-order valence-electron chi connectivity index (χ1n) is 13.1. The van der Waals surface area contributed by atoms with Gasteiger partial charge in [0.25, 0.3) is 5.91 Å². The summed E-state index contributed by atoms with van der Waals surface area (Å²) in [6.45, 7) is 1.80. The number of nitrogens with one attached hydrogen (secondary N) is 2. The summed E-state index contributed by atoms with van der Waals surface area (Å²) < 4.78 is 11.9. The molecule has 2 aromatic rings. The van der Waals surface area contributed by atoms with Gasteiger partial charge in [-0.3, -0.25) is 9.59 Å². The number of carboxylic acids is 1. The fourth-order valence-electron chi connectivity index (χ4n) is 4.76. The van der Waals surface area contributed by atoms with Crippen LogP contribution in [0.5, 0.6) is 11.5 Å². The molecule has 0 radical (unpaired) electrons. The number of benzene rings is 2. The zero-order chi connectivity index (χ0) is 26.9. The topological polar surface area (TPSA) is 117 Å². The van der Waals surface area contributed by atoms with E-state index in [0.29, 0.717) is 73.9 Å². The number of carbonyl (C=O) groups excluding carboxylic acids is 2. The molecule has 2 aromatic carbocycles. The van der Waals surface area contributed by atoms with Crippen LogP contribution >= 0.6 is 11.6 Å². The van der Waals surface area contributed by atoms with E-state index in [9.17, 15) is 14.4 Å². The van der Waals surface area contributed by atoms with Gasteiger partial charge in [0.15, 0.2) is 0 Å². The second-order valence-electron chi connectivity index (χ2n) is 9.68. The first kappa shape index (κ1) is 27.6. The summed E-state index contributed by atoms with van der Waals surface area (Å²) in [5.41, 5.74) is 0.499. The Morgan fingerprint density at radius 3 is 2.13 bits per heavy atom. The molecule has 10 heteroatoms. The van der Waals surface area contributed by atoms with E-state index in [1.54, 1.807) is 35.2 Å². The van der Waals surface area contributed by atoms with Crippen LogP contribution in [0.2, 0.25) is 5.02 Å². The molecule has 1 saturated heterocycles. The van der Waals surface area contributed by atoms with E-state index in [1.807, 2.05) is 18.2 Å². The lowest BCUT2D eigenvalue weighted by Gasteiger charge is -2.32. The van der Waals surface area contributed by atoms with E-state index >= 15 is 0 Å². The number of carboxylic acid groups (broad SMARTS) is 1. The van der Waals surface area contributed by atoms with Gasteiger partial charge in [-0.1, -0.05) is 23.7 Å². The zero-order valence-corrected chi connectivity index (χ0v) is 22.0. The third-order valence-electron chi connectivity index (χ3n) is 6.99. The number of urea groups is 1. The Morgan fingerprint density at radius 2 is 1.47 bits per heavy atom. The average Bonchev–Trinajstić information content (AvgIpc) is 2.93. The average molecular weight is 544 g/mol. The highest BCUT2D eigenvalue weighted by molar-refractivity contribution is 6.32. The van der Waals surface area contributed by atoms with E-state index in [2.05, 4.69) is 10.6 Å². The lowest BCUT2D eigenvalue weighted by atomic mass is 9.87. The van der Waals surface area contributed by atoms with Crippen LogP contribution in [-0.4, -0.2) is 66.3 Å². The van der Waals surface area contributed by atoms with Crippen molar-refractivity contribution in [1.82, 2.24) is 15.5 Å². The molecule has 38 heavy (non-hydrogen) atoms. The van der Waals surface area contributed by atoms with Crippen molar-refractivity contribution in [2.24, 2.45) is 5.92 Å². The van der Waals surface area contributed by atoms with Gasteiger partial charge in [0, 0.05) is 44.6 Å². The minimum atomic E-state index is -0.737. The van der Waals surface area contributed by atoms with Crippen LogP contribution in [0.1, 0.15) is 48.9 Å². The van der Waals surface area contributed by atoms with E-state index < -0.39 is 5.97 Å². The van der Waals surface area contributed by atoms with Gasteiger partial charge in [-0.25, -0.2) is 4.79 Å². The van der Waals surface area contributed by atoms with Gasteiger partial charge in [-0.2, -0.15) is 0 Å². The summed E-state index contributed by atoms with van der Waals surface area (Å²) in [6, 6.07) is 14.1. The monoisotopic (exact) mass is 543 g/mol. The fraction of sp³-hybridized carbons (Fsp3) is 0.464. The molecule has 0 atom stereocenters. The smallest absolute Gasteiger partial charge is 0.317 e. The number of halogens is 1. The quantitative estimate of drug-likeness (QED) is 0.405. The van der Waals surface area contributed by atoms with E-state index in [-0.39, 0.29) is 30.1 Å². The highest BCUT2D eigenvalue weighted by Crippen LogP contribution is 2.28. The van der Waals surface area contributed by atoms with Crippen molar-refractivity contribution in [3.8, 4) is 11.5 Å². The van der Waals surface area contributed by atoms with Gasteiger partial charge in [0.2, 0.25) is 0 Å². The van der Waals surface area contributed by atoms with Crippen LogP contribution in [-0.2, 0) is 4.79 Å². The van der Waals surface area contributed by atoms with Crippen molar-refractivity contribution in [3.05, 3.63) is 59.1 Å². The summed E-state index contributed by atoms with van der Waals surface area (Å²) >= 11 is 6.16. The molecule has 2 aliphatic rings. The zero-order valence-electron chi connectivity index (χ0n) is 21.2. The molecular weight excluding hydrogens is 510 g/mol. The number of aliphatic carboxylic acids is 1. The van der Waals surface area contributed by atoms with Crippen LogP contribution in [0.3, 0.4) is 0 Å². The molecule has 1 aliphatic carbocycles. The highest BCUT2D eigenvalue weighted by atomic mass is 35.5. The number of piperidine rings is 1. The second kappa shape index (κ2) is 13.4. The molecule has 0 spiro atoms. The molecule has 204 valence electrons. The molecule has 0 aromatic heterocycles. The third kappa shape index (κ3) is 7.77. The maximum Gasteiger partial charge on any atom is 0.317 e. The standard InChI is InChI=1S/C28H34ClN3O6/c29-24-3-1-2-4-25(24)38-23-13-17-32(18-14-23)28(36)31-16-15-30-26(33)19-5-9-21(10-6-19)37-22-11-7-20(8-12-22)27(34)35/h1-6,9-10,20,22-23H,7-8,11-18H2,(H,30,33)(H,31,36)(H,34,35). The van der Waals surface area contributed by atoms with E-state index in [1.165, 1.54) is 0 Å². The fourth-order valence-corrected chi connectivity index (χ4v) is 4.94.